The van der Waals surface area contributed by atoms with Gasteiger partial charge >= 0.3 is 0 Å². The first kappa shape index (κ1) is 19.4. The van der Waals surface area contributed by atoms with E-state index >= 15 is 0 Å². The molecule has 0 unspecified atom stereocenters. The zero-order chi connectivity index (χ0) is 18.8. The largest absolute Gasteiger partial charge is 0.496 e. The molecule has 5 nitrogen and oxygen atoms in total. The summed E-state index contributed by atoms with van der Waals surface area (Å²) in [6, 6.07) is 14.1. The fourth-order valence-electron chi connectivity index (χ4n) is 2.50. The fraction of sp³-hybridized carbons (Fsp3) is 0.286. The van der Waals surface area contributed by atoms with Crippen molar-refractivity contribution in [2.24, 2.45) is 4.99 Å². The van der Waals surface area contributed by atoms with Gasteiger partial charge in [0.05, 0.1) is 7.11 Å². The molecule has 138 valence electrons. The number of aryl methyl sites for hydroxylation is 1. The number of para-hydroxylation sites is 1. The van der Waals surface area contributed by atoms with E-state index in [-0.39, 0.29) is 0 Å². The Morgan fingerprint density at radius 2 is 1.88 bits per heavy atom. The predicted molar refractivity (Wildman–Crippen MR) is 107 cm³/mol. The van der Waals surface area contributed by atoms with Crippen LogP contribution in [0.4, 0.5) is 0 Å². The first-order chi connectivity index (χ1) is 12.7. The second-order valence-corrected chi connectivity index (χ2v) is 5.79. The van der Waals surface area contributed by atoms with Gasteiger partial charge in [-0.3, -0.25) is 4.99 Å². The number of nitrogens with one attached hydrogen (secondary N) is 2. The molecule has 0 aliphatic heterocycles. The number of hydrogen-bond donors (Lipinski definition) is 2. The maximum absolute atomic E-state index is 5.69. The number of methoxy groups -OCH3 is 1. The molecule has 0 radical (unpaired) electrons. The molecule has 0 atom stereocenters. The topological polar surface area (TPSA) is 54.9 Å². The van der Waals surface area contributed by atoms with Crippen LogP contribution in [0.2, 0.25) is 0 Å². The Morgan fingerprint density at radius 3 is 2.62 bits per heavy atom. The zero-order valence-corrected chi connectivity index (χ0v) is 15.7. The highest BCUT2D eigenvalue weighted by Crippen LogP contribution is 2.19. The maximum atomic E-state index is 5.69. The lowest BCUT2D eigenvalue weighted by molar-refractivity contribution is 0.358. The monoisotopic (exact) mass is 353 g/mol. The second-order valence-electron chi connectivity index (χ2n) is 5.79. The first-order valence-electron chi connectivity index (χ1n) is 8.57. The van der Waals surface area contributed by atoms with E-state index in [1.807, 2.05) is 37.3 Å². The van der Waals surface area contributed by atoms with Crippen LogP contribution in [-0.4, -0.2) is 26.7 Å². The van der Waals surface area contributed by atoms with Gasteiger partial charge < -0.3 is 20.1 Å². The fourth-order valence-corrected chi connectivity index (χ4v) is 2.50. The molecular formula is C21H27N3O2. The Labute approximate surface area is 155 Å². The molecule has 5 heteroatoms. The molecule has 0 saturated heterocycles. The van der Waals surface area contributed by atoms with Gasteiger partial charge in [0.2, 0.25) is 0 Å². The van der Waals surface area contributed by atoms with Crippen molar-refractivity contribution in [3.05, 3.63) is 71.8 Å². The minimum Gasteiger partial charge on any atom is -0.496 e. The number of nitrogens with zero attached hydrogens (tertiary/aromatic N) is 1. The third-order valence-corrected chi connectivity index (χ3v) is 3.93. The Balaban J connectivity index is 1.93. The van der Waals surface area contributed by atoms with Gasteiger partial charge in [0.25, 0.3) is 0 Å². The van der Waals surface area contributed by atoms with E-state index in [0.29, 0.717) is 19.7 Å². The number of hydrogen-bond acceptors (Lipinski definition) is 3. The van der Waals surface area contributed by atoms with Crippen molar-refractivity contribution in [3.63, 3.8) is 0 Å². The Kier molecular flexibility index (Phi) is 7.55. The first-order valence-corrected chi connectivity index (χ1v) is 8.57. The summed E-state index contributed by atoms with van der Waals surface area (Å²) in [6.07, 6.45) is 1.74. The minimum atomic E-state index is 0.485. The van der Waals surface area contributed by atoms with E-state index in [2.05, 4.69) is 34.3 Å². The highest BCUT2D eigenvalue weighted by molar-refractivity contribution is 5.79. The molecule has 2 N–H and O–H groups in total. The molecule has 0 bridgehead atoms. The Hall–Kier alpha value is -2.95. The summed E-state index contributed by atoms with van der Waals surface area (Å²) >= 11 is 0. The van der Waals surface area contributed by atoms with E-state index in [1.54, 1.807) is 20.2 Å². The lowest BCUT2D eigenvalue weighted by atomic mass is 10.1. The summed E-state index contributed by atoms with van der Waals surface area (Å²) in [7, 11) is 3.44. The smallest absolute Gasteiger partial charge is 0.191 e. The van der Waals surface area contributed by atoms with Gasteiger partial charge in [0, 0.05) is 25.7 Å². The number of rotatable bonds is 8. The van der Waals surface area contributed by atoms with Crippen LogP contribution in [0.15, 0.2) is 60.1 Å². The van der Waals surface area contributed by atoms with Crippen LogP contribution in [0.25, 0.3) is 0 Å². The Morgan fingerprint density at radius 1 is 1.12 bits per heavy atom. The highest BCUT2D eigenvalue weighted by atomic mass is 16.5. The van der Waals surface area contributed by atoms with Crippen LogP contribution in [0, 0.1) is 6.92 Å². The van der Waals surface area contributed by atoms with Gasteiger partial charge in [-0.25, -0.2) is 0 Å². The van der Waals surface area contributed by atoms with Crippen LogP contribution in [0.3, 0.4) is 0 Å². The molecule has 2 aromatic rings. The predicted octanol–water partition coefficient (Wildman–Crippen LogP) is 3.43. The SMILES string of the molecule is C=CCOc1ccccc1CNC(=NC)NCc1ccc(C)c(OC)c1. The molecule has 2 rings (SSSR count). The van der Waals surface area contributed by atoms with Crippen LogP contribution in [0.1, 0.15) is 16.7 Å². The summed E-state index contributed by atoms with van der Waals surface area (Å²) in [6.45, 7) is 7.47. The molecule has 0 saturated carbocycles. The molecule has 0 aromatic heterocycles. The molecule has 26 heavy (non-hydrogen) atoms. The van der Waals surface area contributed by atoms with Gasteiger partial charge in [0.15, 0.2) is 5.96 Å². The van der Waals surface area contributed by atoms with Crippen molar-refractivity contribution in [2.45, 2.75) is 20.0 Å². The molecule has 2 aromatic carbocycles. The van der Waals surface area contributed by atoms with Crippen molar-refractivity contribution in [3.8, 4) is 11.5 Å². The summed E-state index contributed by atoms with van der Waals surface area (Å²) in [5.41, 5.74) is 3.31. The van der Waals surface area contributed by atoms with Crippen molar-refractivity contribution in [1.29, 1.82) is 0 Å². The minimum absolute atomic E-state index is 0.485. The number of ether oxygens (including phenoxy) is 2. The molecule has 0 amide bonds. The second kappa shape index (κ2) is 10.1. The number of guanidine groups is 1. The van der Waals surface area contributed by atoms with Crippen LogP contribution in [-0.2, 0) is 13.1 Å². The number of benzene rings is 2. The van der Waals surface area contributed by atoms with Gasteiger partial charge in [0.1, 0.15) is 18.1 Å². The van der Waals surface area contributed by atoms with Crippen molar-refractivity contribution >= 4 is 5.96 Å². The van der Waals surface area contributed by atoms with Gasteiger partial charge in [-0.05, 0) is 30.2 Å². The van der Waals surface area contributed by atoms with Crippen LogP contribution >= 0.6 is 0 Å². The molecule has 0 spiro atoms. The van der Waals surface area contributed by atoms with Crippen LogP contribution in [0.5, 0.6) is 11.5 Å². The van der Waals surface area contributed by atoms with Gasteiger partial charge in [-0.15, -0.1) is 0 Å². The van der Waals surface area contributed by atoms with Crippen molar-refractivity contribution in [1.82, 2.24) is 10.6 Å². The van der Waals surface area contributed by atoms with E-state index in [9.17, 15) is 0 Å². The molecule has 0 aliphatic carbocycles. The van der Waals surface area contributed by atoms with Crippen LogP contribution < -0.4 is 20.1 Å². The average molecular weight is 353 g/mol. The molecule has 0 fully saturated rings. The lowest BCUT2D eigenvalue weighted by Gasteiger charge is -2.15. The summed E-state index contributed by atoms with van der Waals surface area (Å²) in [4.78, 5) is 4.28. The van der Waals surface area contributed by atoms with Crippen molar-refractivity contribution < 1.29 is 9.47 Å². The van der Waals surface area contributed by atoms with E-state index in [0.717, 1.165) is 34.1 Å². The Bertz CT molecular complexity index is 757. The third kappa shape index (κ3) is 5.55. The summed E-state index contributed by atoms with van der Waals surface area (Å²) in [5.74, 6) is 2.46. The maximum Gasteiger partial charge on any atom is 0.191 e. The van der Waals surface area contributed by atoms with E-state index in [1.165, 1.54) is 0 Å². The third-order valence-electron chi connectivity index (χ3n) is 3.93. The van der Waals surface area contributed by atoms with Crippen molar-refractivity contribution in [2.75, 3.05) is 20.8 Å². The summed E-state index contributed by atoms with van der Waals surface area (Å²) in [5, 5.41) is 6.63. The molecule has 0 aliphatic rings. The molecular weight excluding hydrogens is 326 g/mol. The summed E-state index contributed by atoms with van der Waals surface area (Å²) < 4.78 is 11.1. The number of aliphatic imine (C=N–C) groups is 1. The highest BCUT2D eigenvalue weighted by Gasteiger charge is 2.05. The zero-order valence-electron chi connectivity index (χ0n) is 15.7. The standard InChI is InChI=1S/C21H27N3O2/c1-5-12-26-19-9-7-6-8-18(19)15-24-21(22-3)23-14-17-11-10-16(2)20(13-17)25-4/h5-11,13H,1,12,14-15H2,2-4H3,(H2,22,23,24). The quantitative estimate of drug-likeness (QED) is 0.434. The van der Waals surface area contributed by atoms with E-state index in [4.69, 9.17) is 9.47 Å². The van der Waals surface area contributed by atoms with E-state index < -0.39 is 0 Å². The lowest BCUT2D eigenvalue weighted by Crippen LogP contribution is -2.36. The van der Waals surface area contributed by atoms with Gasteiger partial charge in [-0.2, -0.15) is 0 Å². The molecule has 0 heterocycles. The van der Waals surface area contributed by atoms with Gasteiger partial charge in [-0.1, -0.05) is 43.0 Å². The normalized spacial score (nSPS) is 11.0. The average Bonchev–Trinajstić information content (AvgIpc) is 2.68.